The highest BCUT2D eigenvalue weighted by Crippen LogP contribution is 2.25. The second-order valence-electron chi connectivity index (χ2n) is 5.95. The molecule has 0 aliphatic rings. The summed E-state index contributed by atoms with van der Waals surface area (Å²) in [7, 11) is 0. The van der Waals surface area contributed by atoms with Crippen LogP contribution in [-0.2, 0) is 4.79 Å². The minimum Gasteiger partial charge on any atom is -0.481 e. The van der Waals surface area contributed by atoms with Crippen molar-refractivity contribution in [2.45, 2.75) is 70.2 Å². The van der Waals surface area contributed by atoms with Crippen molar-refractivity contribution in [1.29, 1.82) is 0 Å². The van der Waals surface area contributed by atoms with Crippen molar-refractivity contribution < 1.29 is 29.6 Å². The minimum absolute atomic E-state index is 0.0384. The number of unbranched alkanes of at least 4 members (excludes halogenated alkanes) is 2. The second kappa shape index (κ2) is 11.0. The van der Waals surface area contributed by atoms with Crippen molar-refractivity contribution in [2.24, 2.45) is 0 Å². The molecule has 0 saturated heterocycles. The summed E-state index contributed by atoms with van der Waals surface area (Å²) in [6.07, 6.45) is 5.81. The Morgan fingerprint density at radius 1 is 1.21 bits per heavy atom. The molecule has 4 N–H and O–H groups in total. The number of aliphatic carboxylic acids is 1. The van der Waals surface area contributed by atoms with Gasteiger partial charge in [0.15, 0.2) is 0 Å². The third-order valence-electron chi connectivity index (χ3n) is 3.87. The average molecular weight is 340 g/mol. The summed E-state index contributed by atoms with van der Waals surface area (Å²) in [6.45, 7) is 2.09. The molecule has 136 valence electrons. The van der Waals surface area contributed by atoms with Crippen LogP contribution in [-0.4, -0.2) is 38.6 Å². The molecule has 3 unspecified atom stereocenters. The molecule has 0 fully saturated rings. The van der Waals surface area contributed by atoms with Crippen LogP contribution in [0.4, 0.5) is 0 Å². The zero-order valence-electron chi connectivity index (χ0n) is 14.1. The molecule has 0 saturated carbocycles. The number of rotatable bonds is 12. The Morgan fingerprint density at radius 3 is 2.62 bits per heavy atom. The highest BCUT2D eigenvalue weighted by molar-refractivity contribution is 5.66. The summed E-state index contributed by atoms with van der Waals surface area (Å²) >= 11 is 0. The quantitative estimate of drug-likeness (QED) is 0.435. The lowest BCUT2D eigenvalue weighted by Crippen LogP contribution is -2.23. The number of furan rings is 1. The number of aliphatic hydroxyl groups is 3. The third kappa shape index (κ3) is 7.29. The zero-order chi connectivity index (χ0) is 17.9. The lowest BCUT2D eigenvalue weighted by Gasteiger charge is -2.14. The highest BCUT2D eigenvalue weighted by atomic mass is 16.4. The first kappa shape index (κ1) is 20.4. The molecule has 1 rings (SSSR count). The highest BCUT2D eigenvalue weighted by Gasteiger charge is 2.16. The van der Waals surface area contributed by atoms with Gasteiger partial charge in [0.25, 0.3) is 0 Å². The van der Waals surface area contributed by atoms with Gasteiger partial charge in [-0.1, -0.05) is 38.3 Å². The van der Waals surface area contributed by atoms with Crippen LogP contribution in [0.25, 0.3) is 6.08 Å². The van der Waals surface area contributed by atoms with Crippen molar-refractivity contribution in [3.8, 4) is 0 Å². The Kier molecular flexibility index (Phi) is 9.37. The molecule has 0 bridgehead atoms. The SMILES string of the molecule is CCCCCC(O)c1occc1/C=C/C(O)C(O)CCCC(=O)O. The van der Waals surface area contributed by atoms with E-state index in [-0.39, 0.29) is 12.8 Å². The minimum atomic E-state index is -1.10. The first-order valence-electron chi connectivity index (χ1n) is 8.47. The molecule has 24 heavy (non-hydrogen) atoms. The lowest BCUT2D eigenvalue weighted by atomic mass is 10.0. The van der Waals surface area contributed by atoms with Crippen molar-refractivity contribution in [2.75, 3.05) is 0 Å². The molecule has 1 heterocycles. The predicted molar refractivity (Wildman–Crippen MR) is 90.3 cm³/mol. The predicted octanol–water partition coefficient (Wildman–Crippen LogP) is 2.88. The molecular formula is C18H28O6. The van der Waals surface area contributed by atoms with Crippen molar-refractivity contribution in [3.63, 3.8) is 0 Å². The van der Waals surface area contributed by atoms with Crippen LogP contribution in [0.1, 0.15) is 69.3 Å². The lowest BCUT2D eigenvalue weighted by molar-refractivity contribution is -0.137. The van der Waals surface area contributed by atoms with E-state index in [2.05, 4.69) is 6.92 Å². The number of carboxylic acid groups (broad SMARTS) is 1. The van der Waals surface area contributed by atoms with E-state index in [4.69, 9.17) is 9.52 Å². The largest absolute Gasteiger partial charge is 0.481 e. The van der Waals surface area contributed by atoms with Crippen LogP contribution in [0, 0.1) is 0 Å². The zero-order valence-corrected chi connectivity index (χ0v) is 14.1. The summed E-state index contributed by atoms with van der Waals surface area (Å²) in [5.74, 6) is -0.470. The fraction of sp³-hybridized carbons (Fsp3) is 0.611. The van der Waals surface area contributed by atoms with E-state index in [9.17, 15) is 20.1 Å². The van der Waals surface area contributed by atoms with Gasteiger partial charge >= 0.3 is 5.97 Å². The van der Waals surface area contributed by atoms with Gasteiger partial charge in [0, 0.05) is 12.0 Å². The summed E-state index contributed by atoms with van der Waals surface area (Å²) in [5, 5.41) is 38.4. The number of aliphatic hydroxyl groups excluding tert-OH is 3. The smallest absolute Gasteiger partial charge is 0.303 e. The Hall–Kier alpha value is -1.63. The number of carbonyl (C=O) groups is 1. The summed E-state index contributed by atoms with van der Waals surface area (Å²) in [6, 6.07) is 1.69. The molecule has 0 spiro atoms. The van der Waals surface area contributed by atoms with Gasteiger partial charge < -0.3 is 24.8 Å². The molecule has 0 aliphatic heterocycles. The maximum absolute atomic E-state index is 10.4. The number of carboxylic acids is 1. The molecule has 0 aromatic carbocycles. The van der Waals surface area contributed by atoms with Gasteiger partial charge in [-0.25, -0.2) is 0 Å². The van der Waals surface area contributed by atoms with Crippen LogP contribution >= 0.6 is 0 Å². The van der Waals surface area contributed by atoms with Gasteiger partial charge in [-0.3, -0.25) is 4.79 Å². The third-order valence-corrected chi connectivity index (χ3v) is 3.87. The molecule has 3 atom stereocenters. The summed E-state index contributed by atoms with van der Waals surface area (Å²) in [5.41, 5.74) is 0.663. The topological polar surface area (TPSA) is 111 Å². The molecule has 0 radical (unpaired) electrons. The van der Waals surface area contributed by atoms with E-state index in [0.29, 0.717) is 24.2 Å². The van der Waals surface area contributed by atoms with Crippen LogP contribution in [0.5, 0.6) is 0 Å². The molecule has 0 amide bonds. The first-order chi connectivity index (χ1) is 11.5. The summed E-state index contributed by atoms with van der Waals surface area (Å²) in [4.78, 5) is 10.4. The van der Waals surface area contributed by atoms with Crippen LogP contribution in [0.15, 0.2) is 22.8 Å². The molecule has 0 aliphatic carbocycles. The Morgan fingerprint density at radius 2 is 1.96 bits per heavy atom. The fourth-order valence-electron chi connectivity index (χ4n) is 2.42. The normalized spacial score (nSPS) is 15.5. The van der Waals surface area contributed by atoms with Gasteiger partial charge in [-0.15, -0.1) is 0 Å². The van der Waals surface area contributed by atoms with Gasteiger partial charge in [0.05, 0.1) is 18.5 Å². The molecule has 6 heteroatoms. The van der Waals surface area contributed by atoms with Gasteiger partial charge in [0.2, 0.25) is 0 Å². The van der Waals surface area contributed by atoms with Gasteiger partial charge in [-0.05, 0) is 25.3 Å². The number of hydrogen-bond acceptors (Lipinski definition) is 5. The fourth-order valence-corrected chi connectivity index (χ4v) is 2.42. The molecule has 1 aromatic rings. The monoisotopic (exact) mass is 340 g/mol. The van der Waals surface area contributed by atoms with E-state index < -0.39 is 24.3 Å². The Bertz CT molecular complexity index is 507. The number of hydrogen-bond donors (Lipinski definition) is 4. The maximum Gasteiger partial charge on any atom is 0.303 e. The first-order valence-corrected chi connectivity index (χ1v) is 8.47. The van der Waals surface area contributed by atoms with Crippen LogP contribution in [0.2, 0.25) is 0 Å². The molecular weight excluding hydrogens is 312 g/mol. The van der Waals surface area contributed by atoms with E-state index in [0.717, 1.165) is 19.3 Å². The molecule has 6 nitrogen and oxygen atoms in total. The average Bonchev–Trinajstić information content (AvgIpc) is 3.00. The van der Waals surface area contributed by atoms with Crippen molar-refractivity contribution in [1.82, 2.24) is 0 Å². The van der Waals surface area contributed by atoms with E-state index in [1.165, 1.54) is 12.3 Å². The van der Waals surface area contributed by atoms with Gasteiger partial charge in [0.1, 0.15) is 11.9 Å². The summed E-state index contributed by atoms with van der Waals surface area (Å²) < 4.78 is 5.33. The standard InChI is InChI=1S/C18H28O6/c1-2-3-4-6-16(21)18-13(11-12-24-18)9-10-15(20)14(19)7-5-8-17(22)23/h9-12,14-16,19-21H,2-8H2,1H3,(H,22,23)/b10-9+. The Labute approximate surface area is 142 Å². The van der Waals surface area contributed by atoms with Crippen molar-refractivity contribution >= 4 is 12.0 Å². The van der Waals surface area contributed by atoms with Gasteiger partial charge in [-0.2, -0.15) is 0 Å². The van der Waals surface area contributed by atoms with E-state index in [1.807, 2.05) is 0 Å². The molecule has 1 aromatic heterocycles. The van der Waals surface area contributed by atoms with E-state index in [1.54, 1.807) is 12.1 Å². The Balaban J connectivity index is 2.54. The van der Waals surface area contributed by atoms with Crippen LogP contribution < -0.4 is 0 Å². The maximum atomic E-state index is 10.4. The van der Waals surface area contributed by atoms with E-state index >= 15 is 0 Å². The van der Waals surface area contributed by atoms with Crippen LogP contribution in [0.3, 0.4) is 0 Å². The second-order valence-corrected chi connectivity index (χ2v) is 5.95. The van der Waals surface area contributed by atoms with Crippen molar-refractivity contribution in [3.05, 3.63) is 29.7 Å².